The van der Waals surface area contributed by atoms with Crippen molar-refractivity contribution in [2.75, 3.05) is 16.0 Å². The first-order chi connectivity index (χ1) is 21.0. The molecule has 0 saturated carbocycles. The molecule has 0 bridgehead atoms. The van der Waals surface area contributed by atoms with E-state index in [0.717, 1.165) is 26.1 Å². The smallest absolute Gasteiger partial charge is 0.272 e. The van der Waals surface area contributed by atoms with Crippen LogP contribution in [-0.4, -0.2) is 23.5 Å². The maximum atomic E-state index is 13.5. The van der Waals surface area contributed by atoms with Gasteiger partial charge in [-0.3, -0.25) is 19.3 Å². The molecule has 2 N–H and O–H groups in total. The second-order valence-corrected chi connectivity index (χ2v) is 11.6. The lowest BCUT2D eigenvalue weighted by Crippen LogP contribution is -2.30. The zero-order chi connectivity index (χ0) is 29.6. The summed E-state index contributed by atoms with van der Waals surface area (Å²) in [6.07, 6.45) is 2.96. The number of rotatable bonds is 8. The lowest BCUT2D eigenvalue weighted by atomic mass is 10.2. The molecule has 0 saturated heterocycles. The van der Waals surface area contributed by atoms with Gasteiger partial charge < -0.3 is 15.1 Å². The monoisotopic (exact) mass is 603 g/mol. The SMILES string of the molecule is O=C(Nc1ccc(SCC(=O)N2c3ccccc3Sc3ccccc32)cc1)/C(=C/c1ccco1)NC(=O)c1ccccc1. The number of thioether (sulfide) groups is 1. The fourth-order valence-corrected chi connectivity index (χ4v) is 6.28. The normalized spacial score (nSPS) is 12.2. The van der Waals surface area contributed by atoms with Crippen molar-refractivity contribution in [1.82, 2.24) is 5.32 Å². The van der Waals surface area contributed by atoms with E-state index in [1.54, 1.807) is 65.2 Å². The Balaban J connectivity index is 1.12. The average molecular weight is 604 g/mol. The molecule has 0 atom stereocenters. The van der Waals surface area contributed by atoms with Gasteiger partial charge >= 0.3 is 0 Å². The van der Waals surface area contributed by atoms with E-state index in [-0.39, 0.29) is 17.4 Å². The van der Waals surface area contributed by atoms with Gasteiger partial charge in [0.25, 0.3) is 11.8 Å². The van der Waals surface area contributed by atoms with Crippen LogP contribution in [0.4, 0.5) is 17.1 Å². The Hall–Kier alpha value is -4.99. The minimum atomic E-state index is -0.503. The number of carbonyl (C=O) groups excluding carboxylic acids is 3. The lowest BCUT2D eigenvalue weighted by Gasteiger charge is -2.31. The molecule has 5 aromatic rings. The first-order valence-electron chi connectivity index (χ1n) is 13.4. The lowest BCUT2D eigenvalue weighted by molar-refractivity contribution is -0.115. The molecule has 3 amide bonds. The molecule has 212 valence electrons. The maximum Gasteiger partial charge on any atom is 0.272 e. The third-order valence-electron chi connectivity index (χ3n) is 6.51. The van der Waals surface area contributed by atoms with Crippen molar-refractivity contribution in [3.05, 3.63) is 139 Å². The van der Waals surface area contributed by atoms with Crippen LogP contribution in [0.25, 0.3) is 6.08 Å². The fraction of sp³-hybridized carbons (Fsp3) is 0.0294. The molecule has 1 aliphatic heterocycles. The third kappa shape index (κ3) is 6.58. The van der Waals surface area contributed by atoms with Crippen LogP contribution in [0, 0.1) is 0 Å². The van der Waals surface area contributed by atoms with Gasteiger partial charge in [-0.15, -0.1) is 11.8 Å². The standard InChI is InChI=1S/C34H25N3O4S2/c38-32(37-28-12-4-6-14-30(28)43-31-15-7-5-13-29(31)37)22-42-26-18-16-24(17-19-26)35-34(40)27(21-25-11-8-20-41-25)36-33(39)23-9-2-1-3-10-23/h1-21H,22H2,(H,35,40)(H,36,39)/b27-21-. The van der Waals surface area contributed by atoms with Crippen LogP contribution in [0.2, 0.25) is 0 Å². The highest BCUT2D eigenvalue weighted by atomic mass is 32.2. The molecule has 0 spiro atoms. The summed E-state index contributed by atoms with van der Waals surface area (Å²) < 4.78 is 5.35. The Morgan fingerprint density at radius 3 is 2.07 bits per heavy atom. The number of benzene rings is 4. The molecule has 43 heavy (non-hydrogen) atoms. The molecule has 6 rings (SSSR count). The van der Waals surface area contributed by atoms with E-state index < -0.39 is 11.8 Å². The minimum absolute atomic E-state index is 0.0237. The number of nitrogens with zero attached hydrogens (tertiary/aromatic N) is 1. The quantitative estimate of drug-likeness (QED) is 0.140. The summed E-state index contributed by atoms with van der Waals surface area (Å²) in [6, 6.07) is 35.1. The highest BCUT2D eigenvalue weighted by molar-refractivity contribution is 8.00. The van der Waals surface area contributed by atoms with Crippen LogP contribution in [0.3, 0.4) is 0 Å². The van der Waals surface area contributed by atoms with Gasteiger partial charge in [0, 0.05) is 32.0 Å². The summed E-state index contributed by atoms with van der Waals surface area (Å²) in [6.45, 7) is 0. The van der Waals surface area contributed by atoms with E-state index in [1.807, 2.05) is 66.7 Å². The van der Waals surface area contributed by atoms with E-state index >= 15 is 0 Å². The molecule has 4 aromatic carbocycles. The first-order valence-corrected chi connectivity index (χ1v) is 15.2. The van der Waals surface area contributed by atoms with Crippen molar-refractivity contribution in [2.45, 2.75) is 14.7 Å². The van der Waals surface area contributed by atoms with Gasteiger partial charge in [0.1, 0.15) is 11.5 Å². The fourth-order valence-electron chi connectivity index (χ4n) is 4.47. The van der Waals surface area contributed by atoms with Crippen molar-refractivity contribution >= 4 is 64.4 Å². The topological polar surface area (TPSA) is 91.7 Å². The summed E-state index contributed by atoms with van der Waals surface area (Å²) in [7, 11) is 0. The van der Waals surface area contributed by atoms with Crippen molar-refractivity contribution < 1.29 is 18.8 Å². The highest BCUT2D eigenvalue weighted by Gasteiger charge is 2.27. The van der Waals surface area contributed by atoms with Crippen LogP contribution >= 0.6 is 23.5 Å². The molecule has 0 fully saturated rings. The van der Waals surface area contributed by atoms with E-state index in [2.05, 4.69) is 10.6 Å². The Morgan fingerprint density at radius 2 is 1.42 bits per heavy atom. The zero-order valence-corrected chi connectivity index (χ0v) is 24.4. The molecule has 9 heteroatoms. The second-order valence-electron chi connectivity index (χ2n) is 9.43. The van der Waals surface area contributed by atoms with Gasteiger partial charge in [-0.25, -0.2) is 0 Å². The number of fused-ring (bicyclic) bond motifs is 2. The van der Waals surface area contributed by atoms with Gasteiger partial charge in [-0.2, -0.15) is 0 Å². The van der Waals surface area contributed by atoms with Crippen LogP contribution in [-0.2, 0) is 9.59 Å². The van der Waals surface area contributed by atoms with Gasteiger partial charge in [0.2, 0.25) is 5.91 Å². The van der Waals surface area contributed by atoms with Crippen LogP contribution in [0.1, 0.15) is 16.1 Å². The Morgan fingerprint density at radius 1 is 0.767 bits per heavy atom. The van der Waals surface area contributed by atoms with Crippen LogP contribution in [0.15, 0.2) is 146 Å². The number of furan rings is 1. The predicted molar refractivity (Wildman–Crippen MR) is 171 cm³/mol. The Kier molecular flexibility index (Phi) is 8.44. The molecular formula is C34H25N3O4S2. The Labute approximate surface area is 257 Å². The largest absolute Gasteiger partial charge is 0.465 e. The summed E-state index contributed by atoms with van der Waals surface area (Å²) in [4.78, 5) is 44.2. The van der Waals surface area contributed by atoms with Crippen molar-refractivity contribution in [1.29, 1.82) is 0 Å². The zero-order valence-electron chi connectivity index (χ0n) is 22.7. The van der Waals surface area contributed by atoms with Crippen LogP contribution < -0.4 is 15.5 Å². The number of amides is 3. The molecule has 0 unspecified atom stereocenters. The summed E-state index contributed by atoms with van der Waals surface area (Å²) in [5, 5.41) is 5.51. The van der Waals surface area contributed by atoms with Gasteiger partial charge in [0.05, 0.1) is 23.4 Å². The summed E-state index contributed by atoms with van der Waals surface area (Å²) in [5.41, 5.74) is 2.76. The summed E-state index contributed by atoms with van der Waals surface area (Å²) >= 11 is 3.08. The van der Waals surface area contributed by atoms with E-state index in [1.165, 1.54) is 24.1 Å². The maximum absolute atomic E-state index is 13.5. The molecule has 7 nitrogen and oxygen atoms in total. The molecule has 1 aliphatic rings. The number of anilines is 3. The molecular weight excluding hydrogens is 579 g/mol. The van der Waals surface area contributed by atoms with Gasteiger partial charge in [-0.1, -0.05) is 54.2 Å². The van der Waals surface area contributed by atoms with Crippen molar-refractivity contribution in [2.24, 2.45) is 0 Å². The molecule has 1 aromatic heterocycles. The van der Waals surface area contributed by atoms with Gasteiger partial charge in [-0.05, 0) is 72.8 Å². The summed E-state index contributed by atoms with van der Waals surface area (Å²) in [5.74, 6) is -0.281. The number of carbonyl (C=O) groups is 3. The second kappa shape index (κ2) is 12.9. The number of hydrogen-bond acceptors (Lipinski definition) is 6. The third-order valence-corrected chi connectivity index (χ3v) is 8.64. The number of hydrogen-bond donors (Lipinski definition) is 2. The molecule has 0 aliphatic carbocycles. The molecule has 0 radical (unpaired) electrons. The number of nitrogens with one attached hydrogen (secondary N) is 2. The van der Waals surface area contributed by atoms with E-state index in [9.17, 15) is 14.4 Å². The molecule has 2 heterocycles. The van der Waals surface area contributed by atoms with E-state index in [0.29, 0.717) is 17.0 Å². The first kappa shape index (κ1) is 28.1. The average Bonchev–Trinajstić information content (AvgIpc) is 3.56. The minimum Gasteiger partial charge on any atom is -0.465 e. The highest BCUT2D eigenvalue weighted by Crippen LogP contribution is 2.48. The van der Waals surface area contributed by atoms with Crippen molar-refractivity contribution in [3.63, 3.8) is 0 Å². The Bertz CT molecular complexity index is 1760. The number of para-hydroxylation sites is 2. The van der Waals surface area contributed by atoms with Crippen molar-refractivity contribution in [3.8, 4) is 0 Å². The van der Waals surface area contributed by atoms with Gasteiger partial charge in [0.15, 0.2) is 0 Å². The predicted octanol–water partition coefficient (Wildman–Crippen LogP) is 7.61. The van der Waals surface area contributed by atoms with Crippen LogP contribution in [0.5, 0.6) is 0 Å². The van der Waals surface area contributed by atoms with E-state index in [4.69, 9.17) is 4.42 Å².